The van der Waals surface area contributed by atoms with Gasteiger partial charge in [0.15, 0.2) is 0 Å². The van der Waals surface area contributed by atoms with Crippen molar-refractivity contribution in [3.05, 3.63) is 42.5 Å². The molecule has 2 heterocycles. The highest BCUT2D eigenvalue weighted by Crippen LogP contribution is 2.26. The third-order valence-corrected chi connectivity index (χ3v) is 5.36. The number of carbonyl (C=O) groups excluding carboxylic acids is 2. The van der Waals surface area contributed by atoms with E-state index in [1.54, 1.807) is 6.08 Å². The van der Waals surface area contributed by atoms with E-state index in [0.29, 0.717) is 6.54 Å². The number of piperidine rings is 2. The third-order valence-electron chi connectivity index (χ3n) is 5.36. The zero-order valence-corrected chi connectivity index (χ0v) is 16.0. The van der Waals surface area contributed by atoms with E-state index in [-0.39, 0.29) is 18.0 Å². The minimum absolute atomic E-state index is 0.144. The smallest absolute Gasteiger partial charge is 0.315 e. The molecule has 2 aliphatic heterocycles. The van der Waals surface area contributed by atoms with Crippen LogP contribution in [0.4, 0.5) is 10.5 Å². The monoisotopic (exact) mass is 370 g/mol. The number of urea groups is 1. The standard InChI is InChI=1S/C21H30N4O2/c1-2-12-22-21(27)23-17-10-15-24(16-11-17)19-9-5-4-8-18(19)20(26)25-13-6-3-7-14-25/h2,4-5,8-9,17H,1,3,6-7,10-16H2,(H2,22,23,27). The Morgan fingerprint density at radius 2 is 1.78 bits per heavy atom. The summed E-state index contributed by atoms with van der Waals surface area (Å²) in [6, 6.07) is 7.94. The number of nitrogens with one attached hydrogen (secondary N) is 2. The molecule has 2 aliphatic rings. The third kappa shape index (κ3) is 5.02. The van der Waals surface area contributed by atoms with Crippen LogP contribution >= 0.6 is 0 Å². The predicted molar refractivity (Wildman–Crippen MR) is 108 cm³/mol. The first-order valence-electron chi connectivity index (χ1n) is 9.97. The first-order chi connectivity index (χ1) is 13.2. The number of rotatable bonds is 5. The number of anilines is 1. The number of hydrogen-bond donors (Lipinski definition) is 2. The number of benzene rings is 1. The van der Waals surface area contributed by atoms with Crippen LogP contribution in [0.5, 0.6) is 0 Å². The molecule has 0 aliphatic carbocycles. The van der Waals surface area contributed by atoms with Gasteiger partial charge < -0.3 is 20.4 Å². The first kappa shape index (κ1) is 19.3. The van der Waals surface area contributed by atoms with Gasteiger partial charge in [0.05, 0.1) is 5.56 Å². The average molecular weight is 370 g/mol. The predicted octanol–water partition coefficient (Wildman–Crippen LogP) is 2.77. The minimum Gasteiger partial charge on any atom is -0.371 e. The fraction of sp³-hybridized carbons (Fsp3) is 0.524. The maximum atomic E-state index is 13.0. The highest BCUT2D eigenvalue weighted by Gasteiger charge is 2.26. The molecule has 0 spiro atoms. The van der Waals surface area contributed by atoms with Crippen LogP contribution in [0.15, 0.2) is 36.9 Å². The van der Waals surface area contributed by atoms with Gasteiger partial charge in [0.1, 0.15) is 0 Å². The van der Waals surface area contributed by atoms with Crippen LogP contribution < -0.4 is 15.5 Å². The Labute approximate surface area is 161 Å². The Hall–Kier alpha value is -2.50. The molecule has 146 valence electrons. The van der Waals surface area contributed by atoms with Crippen molar-refractivity contribution >= 4 is 17.6 Å². The highest BCUT2D eigenvalue weighted by molar-refractivity contribution is 5.99. The summed E-state index contributed by atoms with van der Waals surface area (Å²) in [5.41, 5.74) is 1.82. The molecule has 1 aromatic rings. The van der Waals surface area contributed by atoms with Crippen LogP contribution in [-0.2, 0) is 0 Å². The van der Waals surface area contributed by atoms with Gasteiger partial charge >= 0.3 is 6.03 Å². The lowest BCUT2D eigenvalue weighted by atomic mass is 10.0. The minimum atomic E-state index is -0.144. The summed E-state index contributed by atoms with van der Waals surface area (Å²) in [6.07, 6.45) is 6.81. The van der Waals surface area contributed by atoms with Crippen LogP contribution in [0, 0.1) is 0 Å². The van der Waals surface area contributed by atoms with E-state index >= 15 is 0 Å². The van der Waals surface area contributed by atoms with Crippen LogP contribution in [0.25, 0.3) is 0 Å². The molecule has 0 aromatic heterocycles. The Morgan fingerprint density at radius 1 is 1.07 bits per heavy atom. The lowest BCUT2D eigenvalue weighted by molar-refractivity contribution is 0.0725. The molecule has 27 heavy (non-hydrogen) atoms. The zero-order valence-electron chi connectivity index (χ0n) is 16.0. The van der Waals surface area contributed by atoms with Crippen molar-refractivity contribution in [1.82, 2.24) is 15.5 Å². The fourth-order valence-corrected chi connectivity index (χ4v) is 3.86. The quantitative estimate of drug-likeness (QED) is 0.784. The Kier molecular flexibility index (Phi) is 6.74. The molecule has 3 amide bonds. The fourth-order valence-electron chi connectivity index (χ4n) is 3.86. The number of likely N-dealkylation sites (tertiary alicyclic amines) is 1. The number of nitrogens with zero attached hydrogens (tertiary/aromatic N) is 2. The second-order valence-electron chi connectivity index (χ2n) is 7.27. The number of para-hydroxylation sites is 1. The van der Waals surface area contributed by atoms with E-state index in [1.807, 2.05) is 29.2 Å². The van der Waals surface area contributed by atoms with E-state index in [1.165, 1.54) is 6.42 Å². The molecule has 0 saturated carbocycles. The van der Waals surface area contributed by atoms with E-state index in [9.17, 15) is 9.59 Å². The maximum Gasteiger partial charge on any atom is 0.315 e. The molecule has 1 aromatic carbocycles. The molecule has 0 atom stereocenters. The number of hydrogen-bond acceptors (Lipinski definition) is 3. The van der Waals surface area contributed by atoms with Gasteiger partial charge in [-0.3, -0.25) is 4.79 Å². The Bertz CT molecular complexity index is 662. The molecule has 6 heteroatoms. The zero-order chi connectivity index (χ0) is 19.1. The second kappa shape index (κ2) is 9.44. The van der Waals surface area contributed by atoms with E-state index < -0.39 is 0 Å². The lowest BCUT2D eigenvalue weighted by Gasteiger charge is -2.35. The van der Waals surface area contributed by atoms with Crippen LogP contribution in [0.1, 0.15) is 42.5 Å². The molecule has 2 saturated heterocycles. The van der Waals surface area contributed by atoms with Gasteiger partial charge in [-0.2, -0.15) is 0 Å². The average Bonchev–Trinajstić information content (AvgIpc) is 2.73. The van der Waals surface area contributed by atoms with Crippen molar-refractivity contribution in [3.63, 3.8) is 0 Å². The second-order valence-corrected chi connectivity index (χ2v) is 7.27. The van der Waals surface area contributed by atoms with E-state index in [4.69, 9.17) is 0 Å². The van der Waals surface area contributed by atoms with E-state index in [2.05, 4.69) is 22.1 Å². The molecule has 0 radical (unpaired) electrons. The summed E-state index contributed by atoms with van der Waals surface area (Å²) in [6.45, 7) is 7.45. The normalized spacial score (nSPS) is 18.1. The van der Waals surface area contributed by atoms with Crippen molar-refractivity contribution < 1.29 is 9.59 Å². The summed E-state index contributed by atoms with van der Waals surface area (Å²) in [5.74, 6) is 0.148. The molecule has 2 N–H and O–H groups in total. The van der Waals surface area contributed by atoms with Crippen LogP contribution in [-0.4, -0.2) is 55.6 Å². The first-order valence-corrected chi connectivity index (χ1v) is 9.97. The van der Waals surface area contributed by atoms with Gasteiger partial charge in [-0.05, 0) is 44.2 Å². The van der Waals surface area contributed by atoms with Crippen molar-refractivity contribution in [1.29, 1.82) is 0 Å². The van der Waals surface area contributed by atoms with Crippen LogP contribution in [0.2, 0.25) is 0 Å². The van der Waals surface area contributed by atoms with Gasteiger partial charge in [0.25, 0.3) is 5.91 Å². The van der Waals surface area contributed by atoms with E-state index in [0.717, 1.165) is 63.1 Å². The molecule has 6 nitrogen and oxygen atoms in total. The lowest BCUT2D eigenvalue weighted by Crippen LogP contribution is -2.48. The summed E-state index contributed by atoms with van der Waals surface area (Å²) in [7, 11) is 0. The molecule has 0 bridgehead atoms. The summed E-state index contributed by atoms with van der Waals surface area (Å²) < 4.78 is 0. The van der Waals surface area contributed by atoms with Crippen LogP contribution in [0.3, 0.4) is 0 Å². The number of amides is 3. The molecule has 2 fully saturated rings. The largest absolute Gasteiger partial charge is 0.371 e. The van der Waals surface area contributed by atoms with Gasteiger partial charge in [-0.15, -0.1) is 6.58 Å². The Balaban J connectivity index is 1.60. The number of carbonyl (C=O) groups is 2. The Morgan fingerprint density at radius 3 is 2.48 bits per heavy atom. The highest BCUT2D eigenvalue weighted by atomic mass is 16.2. The summed E-state index contributed by atoms with van der Waals surface area (Å²) >= 11 is 0. The van der Waals surface area contributed by atoms with Crippen molar-refractivity contribution in [3.8, 4) is 0 Å². The van der Waals surface area contributed by atoms with Gasteiger partial charge in [0, 0.05) is 44.5 Å². The van der Waals surface area contributed by atoms with Crippen molar-refractivity contribution in [2.45, 2.75) is 38.1 Å². The van der Waals surface area contributed by atoms with Crippen molar-refractivity contribution in [2.24, 2.45) is 0 Å². The van der Waals surface area contributed by atoms with Gasteiger partial charge in [0.2, 0.25) is 0 Å². The summed E-state index contributed by atoms with van der Waals surface area (Å²) in [5, 5.41) is 5.77. The molecule has 3 rings (SSSR count). The SMILES string of the molecule is C=CCNC(=O)NC1CCN(c2ccccc2C(=O)N2CCCCC2)CC1. The van der Waals surface area contributed by atoms with Gasteiger partial charge in [-0.1, -0.05) is 18.2 Å². The molecular formula is C21H30N4O2. The molecule has 0 unspecified atom stereocenters. The maximum absolute atomic E-state index is 13.0. The topological polar surface area (TPSA) is 64.7 Å². The summed E-state index contributed by atoms with van der Waals surface area (Å²) in [4.78, 5) is 29.1. The van der Waals surface area contributed by atoms with Gasteiger partial charge in [-0.25, -0.2) is 4.79 Å². The molecular weight excluding hydrogens is 340 g/mol. The van der Waals surface area contributed by atoms with Crippen molar-refractivity contribution in [2.75, 3.05) is 37.6 Å².